The van der Waals surface area contributed by atoms with E-state index in [1.807, 2.05) is 0 Å². The predicted molar refractivity (Wildman–Crippen MR) is 75.4 cm³/mol. The van der Waals surface area contributed by atoms with Crippen LogP contribution in [0.1, 0.15) is 31.4 Å². The van der Waals surface area contributed by atoms with Gasteiger partial charge in [-0.1, -0.05) is 0 Å². The van der Waals surface area contributed by atoms with E-state index in [1.54, 1.807) is 25.1 Å². The normalized spacial score (nSPS) is 11.6. The standard InChI is InChI=1S/C15H20O6/c1-4-21-15(18)8-10(16)7-13(17)12-9-11(19-2)5-6-14(12)20-3/h5-6,9,13,17H,4,7-8H2,1-3H3. The van der Waals surface area contributed by atoms with Crippen LogP contribution < -0.4 is 9.47 Å². The zero-order valence-electron chi connectivity index (χ0n) is 12.4. The van der Waals surface area contributed by atoms with Crippen molar-refractivity contribution in [2.45, 2.75) is 25.9 Å². The number of hydrogen-bond donors (Lipinski definition) is 1. The topological polar surface area (TPSA) is 82.1 Å². The molecule has 0 bridgehead atoms. The van der Waals surface area contributed by atoms with Crippen LogP contribution in [0.5, 0.6) is 11.5 Å². The Kier molecular flexibility index (Phi) is 6.68. The number of benzene rings is 1. The van der Waals surface area contributed by atoms with Crippen molar-refractivity contribution in [2.75, 3.05) is 20.8 Å². The Morgan fingerprint density at radius 2 is 1.95 bits per heavy atom. The van der Waals surface area contributed by atoms with Gasteiger partial charge in [0, 0.05) is 12.0 Å². The Labute approximate surface area is 123 Å². The fraction of sp³-hybridized carbons (Fsp3) is 0.467. The Morgan fingerprint density at radius 3 is 2.52 bits per heavy atom. The van der Waals surface area contributed by atoms with Crippen LogP contribution in [-0.2, 0) is 14.3 Å². The molecule has 0 aliphatic carbocycles. The van der Waals surface area contributed by atoms with Crippen molar-refractivity contribution in [3.8, 4) is 11.5 Å². The molecule has 0 saturated heterocycles. The van der Waals surface area contributed by atoms with Gasteiger partial charge < -0.3 is 19.3 Å². The van der Waals surface area contributed by atoms with E-state index in [9.17, 15) is 14.7 Å². The van der Waals surface area contributed by atoms with Crippen molar-refractivity contribution in [1.82, 2.24) is 0 Å². The summed E-state index contributed by atoms with van der Waals surface area (Å²) < 4.78 is 14.9. The second-order valence-corrected chi connectivity index (χ2v) is 4.35. The number of hydrogen-bond acceptors (Lipinski definition) is 6. The second kappa shape index (κ2) is 8.26. The third kappa shape index (κ3) is 5.07. The molecule has 1 unspecified atom stereocenters. The molecule has 0 aliphatic rings. The summed E-state index contributed by atoms with van der Waals surface area (Å²) in [6, 6.07) is 4.93. The van der Waals surface area contributed by atoms with Crippen LogP contribution in [0.3, 0.4) is 0 Å². The minimum atomic E-state index is -1.07. The van der Waals surface area contributed by atoms with Crippen molar-refractivity contribution in [3.63, 3.8) is 0 Å². The van der Waals surface area contributed by atoms with Crippen molar-refractivity contribution >= 4 is 11.8 Å². The third-order valence-corrected chi connectivity index (χ3v) is 2.86. The van der Waals surface area contributed by atoms with Gasteiger partial charge in [0.05, 0.1) is 26.9 Å². The molecule has 1 aromatic carbocycles. The molecule has 116 valence electrons. The highest BCUT2D eigenvalue weighted by molar-refractivity contribution is 5.95. The molecule has 0 heterocycles. The molecule has 0 saturated carbocycles. The van der Waals surface area contributed by atoms with E-state index in [4.69, 9.17) is 14.2 Å². The predicted octanol–water partition coefficient (Wildman–Crippen LogP) is 1.65. The van der Waals surface area contributed by atoms with Gasteiger partial charge >= 0.3 is 5.97 Å². The van der Waals surface area contributed by atoms with Crippen LogP contribution in [0.2, 0.25) is 0 Å². The van der Waals surface area contributed by atoms with Gasteiger partial charge in [-0.2, -0.15) is 0 Å². The molecule has 0 amide bonds. The molecular formula is C15H20O6. The number of rotatable bonds is 8. The number of Topliss-reactive ketones (excluding diaryl/α,β-unsaturated/α-hetero) is 1. The van der Waals surface area contributed by atoms with Gasteiger partial charge in [0.1, 0.15) is 23.7 Å². The molecule has 0 fully saturated rings. The highest BCUT2D eigenvalue weighted by Crippen LogP contribution is 2.31. The van der Waals surface area contributed by atoms with E-state index in [0.29, 0.717) is 17.1 Å². The number of carbonyl (C=O) groups is 2. The van der Waals surface area contributed by atoms with Gasteiger partial charge in [-0.05, 0) is 25.1 Å². The lowest BCUT2D eigenvalue weighted by Gasteiger charge is -2.15. The maximum absolute atomic E-state index is 11.7. The van der Waals surface area contributed by atoms with E-state index < -0.39 is 17.9 Å². The summed E-state index contributed by atoms with van der Waals surface area (Å²) in [6.07, 6.45) is -1.61. The summed E-state index contributed by atoms with van der Waals surface area (Å²) in [4.78, 5) is 23.0. The minimum Gasteiger partial charge on any atom is -0.497 e. The second-order valence-electron chi connectivity index (χ2n) is 4.35. The minimum absolute atomic E-state index is 0.192. The van der Waals surface area contributed by atoms with Crippen LogP contribution in [0.15, 0.2) is 18.2 Å². The fourth-order valence-electron chi connectivity index (χ4n) is 1.87. The van der Waals surface area contributed by atoms with Crippen molar-refractivity contribution in [3.05, 3.63) is 23.8 Å². The van der Waals surface area contributed by atoms with Crippen LogP contribution in [-0.4, -0.2) is 37.7 Å². The van der Waals surface area contributed by atoms with Crippen molar-refractivity contribution in [1.29, 1.82) is 0 Å². The van der Waals surface area contributed by atoms with E-state index in [-0.39, 0.29) is 19.4 Å². The lowest BCUT2D eigenvalue weighted by atomic mass is 10.0. The fourth-order valence-corrected chi connectivity index (χ4v) is 1.87. The Balaban J connectivity index is 2.76. The summed E-state index contributed by atoms with van der Waals surface area (Å²) in [7, 11) is 2.97. The quantitative estimate of drug-likeness (QED) is 0.580. The zero-order valence-corrected chi connectivity index (χ0v) is 12.4. The average molecular weight is 296 g/mol. The van der Waals surface area contributed by atoms with Gasteiger partial charge in [0.2, 0.25) is 0 Å². The number of methoxy groups -OCH3 is 2. The lowest BCUT2D eigenvalue weighted by molar-refractivity contribution is -0.145. The molecule has 6 heteroatoms. The lowest BCUT2D eigenvalue weighted by Crippen LogP contribution is -2.14. The van der Waals surface area contributed by atoms with Crippen LogP contribution >= 0.6 is 0 Å². The third-order valence-electron chi connectivity index (χ3n) is 2.86. The molecule has 0 aliphatic heterocycles. The monoisotopic (exact) mass is 296 g/mol. The number of aliphatic hydroxyl groups is 1. The first-order chi connectivity index (χ1) is 10.0. The number of carbonyl (C=O) groups excluding carboxylic acids is 2. The average Bonchev–Trinajstić information content (AvgIpc) is 2.46. The van der Waals surface area contributed by atoms with Crippen molar-refractivity contribution < 1.29 is 28.9 Å². The molecular weight excluding hydrogens is 276 g/mol. The summed E-state index contributed by atoms with van der Waals surface area (Å²) in [5.41, 5.74) is 0.439. The van der Waals surface area contributed by atoms with Crippen molar-refractivity contribution in [2.24, 2.45) is 0 Å². The maximum atomic E-state index is 11.7. The number of esters is 1. The number of ether oxygens (including phenoxy) is 3. The molecule has 0 radical (unpaired) electrons. The van der Waals surface area contributed by atoms with Gasteiger partial charge in [-0.25, -0.2) is 0 Å². The number of ketones is 1. The Bertz CT molecular complexity index is 497. The van der Waals surface area contributed by atoms with Gasteiger partial charge in [0.15, 0.2) is 0 Å². The summed E-state index contributed by atoms with van der Waals surface area (Å²) in [5.74, 6) is 0.00746. The van der Waals surface area contributed by atoms with Gasteiger partial charge in [-0.15, -0.1) is 0 Å². The smallest absolute Gasteiger partial charge is 0.313 e. The molecule has 1 atom stereocenters. The van der Waals surface area contributed by atoms with E-state index in [1.165, 1.54) is 14.2 Å². The summed E-state index contributed by atoms with van der Waals surface area (Å²) in [6.45, 7) is 1.89. The highest BCUT2D eigenvalue weighted by atomic mass is 16.5. The van der Waals surface area contributed by atoms with Crippen LogP contribution in [0.25, 0.3) is 0 Å². The molecule has 6 nitrogen and oxygen atoms in total. The summed E-state index contributed by atoms with van der Waals surface area (Å²) >= 11 is 0. The summed E-state index contributed by atoms with van der Waals surface area (Å²) in [5, 5.41) is 10.2. The Hall–Kier alpha value is -2.08. The SMILES string of the molecule is CCOC(=O)CC(=O)CC(O)c1cc(OC)ccc1OC. The molecule has 1 aromatic rings. The zero-order chi connectivity index (χ0) is 15.8. The first-order valence-corrected chi connectivity index (χ1v) is 6.59. The van der Waals surface area contributed by atoms with Gasteiger partial charge in [-0.3, -0.25) is 9.59 Å². The van der Waals surface area contributed by atoms with Crippen LogP contribution in [0, 0.1) is 0 Å². The van der Waals surface area contributed by atoms with E-state index >= 15 is 0 Å². The molecule has 21 heavy (non-hydrogen) atoms. The highest BCUT2D eigenvalue weighted by Gasteiger charge is 2.20. The first kappa shape index (κ1) is 17.0. The molecule has 1 N–H and O–H groups in total. The first-order valence-electron chi connectivity index (χ1n) is 6.59. The molecule has 0 spiro atoms. The molecule has 0 aromatic heterocycles. The van der Waals surface area contributed by atoms with E-state index in [2.05, 4.69) is 0 Å². The Morgan fingerprint density at radius 1 is 1.24 bits per heavy atom. The maximum Gasteiger partial charge on any atom is 0.313 e. The molecule has 1 rings (SSSR count). The van der Waals surface area contributed by atoms with E-state index in [0.717, 1.165) is 0 Å². The van der Waals surface area contributed by atoms with Gasteiger partial charge in [0.25, 0.3) is 0 Å². The largest absolute Gasteiger partial charge is 0.497 e. The van der Waals surface area contributed by atoms with Crippen LogP contribution in [0.4, 0.5) is 0 Å². The number of aliphatic hydroxyl groups excluding tert-OH is 1.